The molecule has 1 aliphatic carbocycles. The van der Waals surface area contributed by atoms with Crippen molar-refractivity contribution in [2.45, 2.75) is 30.6 Å². The molecule has 1 aliphatic rings. The van der Waals surface area contributed by atoms with Gasteiger partial charge in [-0.15, -0.1) is 5.10 Å². The Morgan fingerprint density at radius 3 is 3.06 bits per heavy atom. The van der Waals surface area contributed by atoms with Crippen LogP contribution in [0.15, 0.2) is 5.16 Å². The van der Waals surface area contributed by atoms with E-state index in [2.05, 4.69) is 27.5 Å². The topological polar surface area (TPSA) is 84.1 Å². The van der Waals surface area contributed by atoms with Crippen molar-refractivity contribution in [1.29, 1.82) is 0 Å². The smallest absolute Gasteiger partial charge is 0.313 e. The Bertz CT molecular complexity index is 392. The summed E-state index contributed by atoms with van der Waals surface area (Å²) in [5.74, 6) is -0.876. The molecule has 0 unspecified atom stereocenters. The van der Waals surface area contributed by atoms with E-state index in [9.17, 15) is 4.79 Å². The summed E-state index contributed by atoms with van der Waals surface area (Å²) in [7, 11) is 2.09. The summed E-state index contributed by atoms with van der Waals surface area (Å²) in [6, 6.07) is 0.710. The molecule has 1 fully saturated rings. The highest BCUT2D eigenvalue weighted by molar-refractivity contribution is 7.99. The Morgan fingerprint density at radius 1 is 1.65 bits per heavy atom. The fraction of sp³-hybridized carbons (Fsp3) is 0.778. The van der Waals surface area contributed by atoms with Crippen LogP contribution < -0.4 is 0 Å². The highest BCUT2D eigenvalue weighted by atomic mass is 32.2. The minimum atomic E-state index is -0.861. The van der Waals surface area contributed by atoms with Gasteiger partial charge in [0.15, 0.2) is 0 Å². The minimum Gasteiger partial charge on any atom is -0.481 e. The molecule has 1 aromatic rings. The molecule has 2 rings (SSSR count). The Kier molecular flexibility index (Phi) is 3.95. The number of rotatable bonds is 7. The number of carboxylic acids is 1. The summed E-state index contributed by atoms with van der Waals surface area (Å²) in [5, 5.41) is 20.4. The molecule has 17 heavy (non-hydrogen) atoms. The van der Waals surface area contributed by atoms with Gasteiger partial charge in [-0.05, 0) is 30.3 Å². The second-order valence-corrected chi connectivity index (χ2v) is 5.02. The zero-order valence-electron chi connectivity index (χ0n) is 9.61. The maximum Gasteiger partial charge on any atom is 0.313 e. The molecule has 0 atom stereocenters. The number of hydrogen-bond donors (Lipinski definition) is 1. The van der Waals surface area contributed by atoms with Gasteiger partial charge in [-0.3, -0.25) is 4.79 Å². The lowest BCUT2D eigenvalue weighted by Crippen LogP contribution is -2.26. The van der Waals surface area contributed by atoms with Crippen LogP contribution in [-0.4, -0.2) is 61.6 Å². The first-order valence-corrected chi connectivity index (χ1v) is 6.46. The third-order valence-electron chi connectivity index (χ3n) is 2.66. The maximum atomic E-state index is 10.5. The molecule has 7 nitrogen and oxygen atoms in total. The Labute approximate surface area is 103 Å². The van der Waals surface area contributed by atoms with Gasteiger partial charge in [0.25, 0.3) is 0 Å². The van der Waals surface area contributed by atoms with Gasteiger partial charge >= 0.3 is 5.97 Å². The van der Waals surface area contributed by atoms with Crippen molar-refractivity contribution in [3.63, 3.8) is 0 Å². The van der Waals surface area contributed by atoms with Gasteiger partial charge in [0.1, 0.15) is 0 Å². The molecule has 1 saturated carbocycles. The van der Waals surface area contributed by atoms with E-state index in [4.69, 9.17) is 5.11 Å². The maximum absolute atomic E-state index is 10.5. The van der Waals surface area contributed by atoms with Crippen LogP contribution in [0.3, 0.4) is 0 Å². The van der Waals surface area contributed by atoms with Crippen molar-refractivity contribution in [1.82, 2.24) is 25.1 Å². The normalized spacial score (nSPS) is 15.4. The summed E-state index contributed by atoms with van der Waals surface area (Å²) in [6.45, 7) is 1.58. The minimum absolute atomic E-state index is 0.0150. The molecule has 0 saturated heterocycles. The van der Waals surface area contributed by atoms with E-state index < -0.39 is 5.97 Å². The molecule has 1 heterocycles. The van der Waals surface area contributed by atoms with Crippen molar-refractivity contribution in [3.05, 3.63) is 0 Å². The molecular formula is C9H15N5O2S. The lowest BCUT2D eigenvalue weighted by Gasteiger charge is -2.15. The van der Waals surface area contributed by atoms with E-state index in [0.29, 0.717) is 17.7 Å². The standard InChI is InChI=1S/C9H15N5O2S/c1-13(7-2-3-7)4-5-14-9(10-11-12-14)17-6-8(15)16/h7H,2-6H2,1H3,(H,15,16). The number of likely N-dealkylation sites (N-methyl/N-ethyl adjacent to an activating group) is 1. The van der Waals surface area contributed by atoms with Gasteiger partial charge in [-0.1, -0.05) is 11.8 Å². The average molecular weight is 257 g/mol. The summed E-state index contributed by atoms with van der Waals surface area (Å²) >= 11 is 1.15. The van der Waals surface area contributed by atoms with E-state index in [1.807, 2.05) is 0 Å². The van der Waals surface area contributed by atoms with Crippen LogP contribution in [0.4, 0.5) is 0 Å². The van der Waals surface area contributed by atoms with E-state index in [1.54, 1.807) is 4.68 Å². The van der Waals surface area contributed by atoms with Crippen LogP contribution in [0.1, 0.15) is 12.8 Å². The summed E-state index contributed by atoms with van der Waals surface area (Å²) in [4.78, 5) is 12.7. The van der Waals surface area contributed by atoms with Gasteiger partial charge in [0, 0.05) is 12.6 Å². The number of nitrogens with zero attached hydrogens (tertiary/aromatic N) is 5. The quantitative estimate of drug-likeness (QED) is 0.685. The summed E-state index contributed by atoms with van der Waals surface area (Å²) in [6.07, 6.45) is 2.54. The second kappa shape index (κ2) is 5.46. The highest BCUT2D eigenvalue weighted by Crippen LogP contribution is 2.25. The monoisotopic (exact) mass is 257 g/mol. The van der Waals surface area contributed by atoms with Crippen molar-refractivity contribution < 1.29 is 9.90 Å². The van der Waals surface area contributed by atoms with Crippen LogP contribution in [-0.2, 0) is 11.3 Å². The van der Waals surface area contributed by atoms with Crippen LogP contribution in [0, 0.1) is 0 Å². The molecule has 0 spiro atoms. The second-order valence-electron chi connectivity index (χ2n) is 4.08. The SMILES string of the molecule is CN(CCn1nnnc1SCC(=O)O)C1CC1. The highest BCUT2D eigenvalue weighted by Gasteiger charge is 2.25. The van der Waals surface area contributed by atoms with Crippen LogP contribution in [0.2, 0.25) is 0 Å². The Hall–Kier alpha value is -1.15. The lowest BCUT2D eigenvalue weighted by molar-refractivity contribution is -0.133. The molecule has 0 bridgehead atoms. The van der Waals surface area contributed by atoms with E-state index in [1.165, 1.54) is 12.8 Å². The van der Waals surface area contributed by atoms with E-state index in [0.717, 1.165) is 18.3 Å². The van der Waals surface area contributed by atoms with Crippen LogP contribution in [0.25, 0.3) is 0 Å². The molecular weight excluding hydrogens is 242 g/mol. The third kappa shape index (κ3) is 3.67. The molecule has 1 N–H and O–H groups in total. The summed E-state index contributed by atoms with van der Waals surface area (Å²) < 4.78 is 1.66. The van der Waals surface area contributed by atoms with Crippen LogP contribution >= 0.6 is 11.8 Å². The number of aromatic nitrogens is 4. The summed E-state index contributed by atoms with van der Waals surface area (Å²) in [5.41, 5.74) is 0. The molecule has 8 heteroatoms. The Balaban J connectivity index is 1.82. The third-order valence-corrected chi connectivity index (χ3v) is 3.60. The van der Waals surface area contributed by atoms with E-state index in [-0.39, 0.29) is 5.75 Å². The largest absolute Gasteiger partial charge is 0.481 e. The van der Waals surface area contributed by atoms with Gasteiger partial charge in [-0.2, -0.15) is 0 Å². The first-order chi connectivity index (χ1) is 8.16. The lowest BCUT2D eigenvalue weighted by atomic mass is 10.5. The van der Waals surface area contributed by atoms with Gasteiger partial charge < -0.3 is 10.0 Å². The molecule has 94 valence electrons. The molecule has 0 amide bonds. The predicted octanol–water partition coefficient (Wildman–Crippen LogP) is -0.0560. The fourth-order valence-corrected chi connectivity index (χ4v) is 2.14. The molecule has 0 aromatic carbocycles. The number of aliphatic carboxylic acids is 1. The number of carboxylic acid groups (broad SMARTS) is 1. The van der Waals surface area contributed by atoms with Crippen molar-refractivity contribution in [2.24, 2.45) is 0 Å². The van der Waals surface area contributed by atoms with Crippen molar-refractivity contribution in [3.8, 4) is 0 Å². The van der Waals surface area contributed by atoms with Gasteiger partial charge in [0.05, 0.1) is 12.3 Å². The van der Waals surface area contributed by atoms with E-state index >= 15 is 0 Å². The number of hydrogen-bond acceptors (Lipinski definition) is 6. The predicted molar refractivity (Wildman–Crippen MR) is 61.8 cm³/mol. The fourth-order valence-electron chi connectivity index (χ4n) is 1.52. The number of carbonyl (C=O) groups is 1. The number of tetrazole rings is 1. The first kappa shape index (κ1) is 12.3. The van der Waals surface area contributed by atoms with Crippen molar-refractivity contribution >= 4 is 17.7 Å². The first-order valence-electron chi connectivity index (χ1n) is 5.48. The Morgan fingerprint density at radius 2 is 2.41 bits per heavy atom. The van der Waals surface area contributed by atoms with Gasteiger partial charge in [0.2, 0.25) is 5.16 Å². The molecule has 0 radical (unpaired) electrons. The zero-order valence-corrected chi connectivity index (χ0v) is 10.4. The van der Waals surface area contributed by atoms with Crippen molar-refractivity contribution in [2.75, 3.05) is 19.3 Å². The molecule has 0 aliphatic heterocycles. The van der Waals surface area contributed by atoms with Gasteiger partial charge in [-0.25, -0.2) is 4.68 Å². The number of thioether (sulfide) groups is 1. The zero-order chi connectivity index (χ0) is 12.3. The van der Waals surface area contributed by atoms with Crippen LogP contribution in [0.5, 0.6) is 0 Å². The average Bonchev–Trinajstić information content (AvgIpc) is 3.04. The molecule has 1 aromatic heterocycles.